The summed E-state index contributed by atoms with van der Waals surface area (Å²) in [5, 5.41) is 0. The van der Waals surface area contributed by atoms with Gasteiger partial charge >= 0.3 is 79.1 Å². The molecule has 0 radical (unpaired) electrons. The molecule has 1 aliphatic heterocycles. The Morgan fingerprint density at radius 1 is 1.47 bits per heavy atom. The predicted molar refractivity (Wildman–Crippen MR) is 59.8 cm³/mol. The first-order valence-corrected chi connectivity index (χ1v) is 6.08. The van der Waals surface area contributed by atoms with Gasteiger partial charge in [-0.25, -0.2) is 4.72 Å². The second kappa shape index (κ2) is 6.39. The fraction of sp³-hybridized carbons (Fsp3) is 0.875. The molecule has 0 spiro atoms. The van der Waals surface area contributed by atoms with Gasteiger partial charge in [0.25, 0.3) is 5.91 Å². The van der Waals surface area contributed by atoms with Crippen molar-refractivity contribution in [2.24, 2.45) is 5.92 Å². The van der Waals surface area contributed by atoms with Crippen LogP contribution >= 0.6 is 0 Å². The van der Waals surface area contributed by atoms with E-state index in [1.54, 1.807) is 0 Å². The Morgan fingerprint density at radius 3 is 2.33 bits per heavy atom. The molecule has 7 heteroatoms. The third-order valence-electron chi connectivity index (χ3n) is 2.37. The fourth-order valence-electron chi connectivity index (χ4n) is 1.40. The molecule has 0 aromatic carbocycles. The van der Waals surface area contributed by atoms with E-state index < -0.39 is 22.2 Å². The van der Waals surface area contributed by atoms with Crippen molar-refractivity contribution in [2.45, 2.75) is 32.7 Å². The van der Waals surface area contributed by atoms with Crippen molar-refractivity contribution < 1.29 is 13.2 Å². The number of rotatable bonds is 3. The zero-order valence-corrected chi connectivity index (χ0v) is 9.47. The third kappa shape index (κ3) is 4.30. The first-order valence-electron chi connectivity index (χ1n) is 4.64. The van der Waals surface area contributed by atoms with Crippen LogP contribution in [-0.4, -0.2) is 101 Å². The molecule has 84 valence electrons. The molecule has 1 unspecified atom stereocenters. The molecule has 0 aliphatic carbocycles. The molecule has 1 fully saturated rings. The van der Waals surface area contributed by atoms with Crippen LogP contribution in [0.25, 0.3) is 0 Å². The molecular weight excluding hydrogens is 337 g/mol. The van der Waals surface area contributed by atoms with E-state index in [1.165, 1.54) is 7.05 Å². The summed E-state index contributed by atoms with van der Waals surface area (Å²) >= 11 is 0. The third-order valence-corrected chi connectivity index (χ3v) is 3.84. The van der Waals surface area contributed by atoms with E-state index in [0.717, 1.165) is 10.7 Å². The Labute approximate surface area is 150 Å². The summed E-state index contributed by atoms with van der Waals surface area (Å²) in [4.78, 5) is 11.3. The van der Waals surface area contributed by atoms with Gasteiger partial charge in [-0.1, -0.05) is 13.8 Å². The summed E-state index contributed by atoms with van der Waals surface area (Å²) < 4.78 is 25.5. The van der Waals surface area contributed by atoms with Gasteiger partial charge in [-0.3, -0.25) is 4.79 Å². The van der Waals surface area contributed by atoms with Crippen LogP contribution in [-0.2, 0) is 15.0 Å². The van der Waals surface area contributed by atoms with E-state index in [9.17, 15) is 13.2 Å². The number of amides is 1. The quantitative estimate of drug-likeness (QED) is 0.740. The van der Waals surface area contributed by atoms with Crippen LogP contribution in [0.4, 0.5) is 0 Å². The Morgan fingerprint density at radius 2 is 2.00 bits per heavy atom. The number of nitrogens with zero attached hydrogens (tertiary/aromatic N) is 1. The van der Waals surface area contributed by atoms with Gasteiger partial charge in [0.05, 0.1) is 0 Å². The molecule has 1 amide bonds. The molecule has 0 bridgehead atoms. The molecule has 5 nitrogen and oxygen atoms in total. The standard InChI is InChI=1S/C8H16N2O3S.Cs.H/c1-6(2)4-5-7-8(11)9-14(12,13)10(7)3;;/h6-7H,4-5H2,1-3H3,(H,9,11);;. The average Bonchev–Trinajstić information content (AvgIpc) is 2.19. The Hall–Kier alpha value is 1.43. The van der Waals surface area contributed by atoms with Crippen LogP contribution < -0.4 is 4.72 Å². The van der Waals surface area contributed by atoms with Crippen molar-refractivity contribution in [1.82, 2.24) is 9.03 Å². The summed E-state index contributed by atoms with van der Waals surface area (Å²) in [6.07, 6.45) is 1.43. The van der Waals surface area contributed by atoms with Crippen LogP contribution in [0.2, 0.25) is 0 Å². The van der Waals surface area contributed by atoms with Crippen LogP contribution in [0.15, 0.2) is 0 Å². The average molecular weight is 354 g/mol. The summed E-state index contributed by atoms with van der Waals surface area (Å²) in [6, 6.07) is -0.526. The Kier molecular flexibility index (Phi) is 7.00. The molecule has 1 aliphatic rings. The second-order valence-corrected chi connectivity index (χ2v) is 5.70. The molecule has 1 N–H and O–H groups in total. The minimum absolute atomic E-state index is 0. The SMILES string of the molecule is CC(C)CCC1C(=O)NS(=O)(=O)N1C.[CsH]. The predicted octanol–water partition coefficient (Wildman–Crippen LogP) is -0.551. The topological polar surface area (TPSA) is 66.5 Å². The van der Waals surface area contributed by atoms with Gasteiger partial charge in [0.15, 0.2) is 0 Å². The first kappa shape index (κ1) is 16.4. The van der Waals surface area contributed by atoms with Gasteiger partial charge in [0, 0.05) is 7.05 Å². The molecular formula is C8H17CsN2O3S. The molecule has 1 saturated heterocycles. The first-order chi connectivity index (χ1) is 6.34. The monoisotopic (exact) mass is 354 g/mol. The van der Waals surface area contributed by atoms with Crippen LogP contribution in [0.5, 0.6) is 0 Å². The zero-order valence-electron chi connectivity index (χ0n) is 8.65. The Balaban J connectivity index is 0.00000196. The maximum atomic E-state index is 11.3. The zero-order chi connectivity index (χ0) is 10.9. The van der Waals surface area contributed by atoms with Crippen molar-refractivity contribution in [3.63, 3.8) is 0 Å². The van der Waals surface area contributed by atoms with Gasteiger partial charge in [-0.05, 0) is 18.8 Å². The van der Waals surface area contributed by atoms with E-state index in [4.69, 9.17) is 0 Å². The molecule has 0 aromatic rings. The molecule has 1 heterocycles. The van der Waals surface area contributed by atoms with Crippen LogP contribution in [0.1, 0.15) is 26.7 Å². The molecule has 1 atom stereocenters. The number of likely N-dealkylation sites (N-methyl/N-ethyl adjacent to an activating group) is 1. The van der Waals surface area contributed by atoms with Crippen molar-refractivity contribution >= 4 is 85.0 Å². The summed E-state index contributed by atoms with van der Waals surface area (Å²) in [5.74, 6) is 0.0626. The molecule has 1 rings (SSSR count). The fourth-order valence-corrected chi connectivity index (χ4v) is 2.47. The van der Waals surface area contributed by atoms with Gasteiger partial charge in [-0.2, -0.15) is 12.7 Å². The minimum atomic E-state index is -3.54. The van der Waals surface area contributed by atoms with Gasteiger partial charge < -0.3 is 0 Å². The number of hydrogen-bond acceptors (Lipinski definition) is 3. The molecule has 0 aromatic heterocycles. The van der Waals surface area contributed by atoms with E-state index in [0.29, 0.717) is 12.3 Å². The van der Waals surface area contributed by atoms with E-state index in [2.05, 4.69) is 0 Å². The normalized spacial score (nSPS) is 25.1. The molecule has 15 heavy (non-hydrogen) atoms. The van der Waals surface area contributed by atoms with Crippen molar-refractivity contribution in [3.8, 4) is 0 Å². The number of nitrogens with one attached hydrogen (secondary N) is 1. The van der Waals surface area contributed by atoms with E-state index in [1.807, 2.05) is 18.6 Å². The van der Waals surface area contributed by atoms with Crippen molar-refractivity contribution in [3.05, 3.63) is 0 Å². The number of carbonyl (C=O) groups excluding carboxylic acids is 1. The van der Waals surface area contributed by atoms with Crippen LogP contribution in [0, 0.1) is 5.92 Å². The number of carbonyl (C=O) groups is 1. The second-order valence-electron chi connectivity index (χ2n) is 3.97. The van der Waals surface area contributed by atoms with Gasteiger partial charge in [0.1, 0.15) is 6.04 Å². The van der Waals surface area contributed by atoms with Crippen molar-refractivity contribution in [2.75, 3.05) is 7.05 Å². The maximum absolute atomic E-state index is 11.3. The summed E-state index contributed by atoms with van der Waals surface area (Å²) in [6.45, 7) is 4.09. The van der Waals surface area contributed by atoms with Crippen molar-refractivity contribution in [1.29, 1.82) is 0 Å². The Bertz CT molecular complexity index is 329. The van der Waals surface area contributed by atoms with E-state index in [-0.39, 0.29) is 68.9 Å². The van der Waals surface area contributed by atoms with Crippen LogP contribution in [0.3, 0.4) is 0 Å². The van der Waals surface area contributed by atoms with Gasteiger partial charge in [-0.15, -0.1) is 0 Å². The summed E-state index contributed by atoms with van der Waals surface area (Å²) in [7, 11) is -2.11. The summed E-state index contributed by atoms with van der Waals surface area (Å²) in [5.41, 5.74) is 0. The molecule has 0 saturated carbocycles. The number of hydrogen-bond donors (Lipinski definition) is 1. The van der Waals surface area contributed by atoms with Gasteiger partial charge in [0.2, 0.25) is 0 Å². The van der Waals surface area contributed by atoms with E-state index >= 15 is 0 Å².